The van der Waals surface area contributed by atoms with Crippen molar-refractivity contribution in [1.29, 1.82) is 0 Å². The second-order valence-corrected chi connectivity index (χ2v) is 10.5. The highest BCUT2D eigenvalue weighted by molar-refractivity contribution is 7.91. The monoisotopic (exact) mass is 481 g/mol. The quantitative estimate of drug-likeness (QED) is 0.350. The van der Waals surface area contributed by atoms with Crippen molar-refractivity contribution in [2.75, 3.05) is 17.8 Å². The lowest BCUT2D eigenvalue weighted by Gasteiger charge is -2.20. The Balaban J connectivity index is 1.55. The molecule has 0 saturated heterocycles. The average Bonchev–Trinajstić information content (AvgIpc) is 3.27. The molecule has 170 valence electrons. The zero-order chi connectivity index (χ0) is 23.3. The second-order valence-electron chi connectivity index (χ2n) is 7.37. The van der Waals surface area contributed by atoms with Gasteiger partial charge in [0.1, 0.15) is 11.3 Å². The number of methoxy groups -OCH3 is 1. The molecule has 0 aliphatic carbocycles. The van der Waals surface area contributed by atoms with Crippen LogP contribution in [0, 0.1) is 0 Å². The van der Waals surface area contributed by atoms with E-state index in [0.29, 0.717) is 22.9 Å². The Morgan fingerprint density at radius 2 is 1.79 bits per heavy atom. The third-order valence-corrected chi connectivity index (χ3v) is 7.98. The molecule has 0 atom stereocenters. The summed E-state index contributed by atoms with van der Waals surface area (Å²) in [5.41, 5.74) is 1.60. The molecular weight excluding hydrogens is 458 g/mol. The Labute approximate surface area is 196 Å². The number of benzene rings is 2. The molecule has 4 aromatic rings. The molecule has 7 nitrogen and oxygen atoms in total. The highest BCUT2D eigenvalue weighted by atomic mass is 32.2. The highest BCUT2D eigenvalue weighted by Crippen LogP contribution is 2.35. The Kier molecular flexibility index (Phi) is 7.00. The predicted molar refractivity (Wildman–Crippen MR) is 129 cm³/mol. The first-order valence-electron chi connectivity index (χ1n) is 10.4. The lowest BCUT2D eigenvalue weighted by Crippen LogP contribution is -2.30. The minimum atomic E-state index is -3.44. The molecule has 0 spiro atoms. The van der Waals surface area contributed by atoms with E-state index in [9.17, 15) is 13.2 Å². The first kappa shape index (κ1) is 22.9. The van der Waals surface area contributed by atoms with Crippen molar-refractivity contribution < 1.29 is 17.9 Å². The molecule has 2 aromatic heterocycles. The number of anilines is 1. The number of para-hydroxylation sites is 1. The topological polar surface area (TPSA) is 89.5 Å². The number of amides is 1. The van der Waals surface area contributed by atoms with Crippen LogP contribution in [0.25, 0.3) is 10.2 Å². The molecule has 0 aliphatic heterocycles. The minimum absolute atomic E-state index is 0.0875. The standard InChI is InChI=1S/C24H23N3O4S2/c1-31-20-9-5-10-21-23(20)26-24(32-21)27(17-18-12-14-25-15-13-18)22(28)11-6-16-33(29,30)19-7-3-2-4-8-19/h2-5,7-10,12-15H,6,11,16-17H2,1H3. The molecule has 0 aliphatic rings. The fourth-order valence-electron chi connectivity index (χ4n) is 3.42. The number of aromatic nitrogens is 2. The van der Waals surface area contributed by atoms with Gasteiger partial charge in [-0.25, -0.2) is 13.4 Å². The van der Waals surface area contributed by atoms with Crippen molar-refractivity contribution in [2.45, 2.75) is 24.3 Å². The van der Waals surface area contributed by atoms with Gasteiger partial charge in [-0.05, 0) is 48.4 Å². The number of sulfone groups is 1. The largest absolute Gasteiger partial charge is 0.494 e. The van der Waals surface area contributed by atoms with E-state index >= 15 is 0 Å². The maximum absolute atomic E-state index is 13.3. The Hall–Kier alpha value is -3.30. The van der Waals surface area contributed by atoms with Crippen LogP contribution in [0.3, 0.4) is 0 Å². The van der Waals surface area contributed by atoms with Crippen LogP contribution < -0.4 is 9.64 Å². The third kappa shape index (κ3) is 5.37. The first-order chi connectivity index (χ1) is 16.0. The van der Waals surface area contributed by atoms with Gasteiger partial charge in [-0.15, -0.1) is 0 Å². The molecule has 4 rings (SSSR count). The second kappa shape index (κ2) is 10.1. The van der Waals surface area contributed by atoms with Crippen molar-refractivity contribution in [3.63, 3.8) is 0 Å². The highest BCUT2D eigenvalue weighted by Gasteiger charge is 2.22. The fourth-order valence-corrected chi connectivity index (χ4v) is 5.75. The molecule has 0 N–H and O–H groups in total. The Morgan fingerprint density at radius 3 is 2.52 bits per heavy atom. The summed E-state index contributed by atoms with van der Waals surface area (Å²) in [6.45, 7) is 0.314. The van der Waals surface area contributed by atoms with E-state index in [1.54, 1.807) is 54.7 Å². The molecular formula is C24H23N3O4S2. The van der Waals surface area contributed by atoms with Crippen molar-refractivity contribution in [1.82, 2.24) is 9.97 Å². The van der Waals surface area contributed by atoms with E-state index in [4.69, 9.17) is 4.74 Å². The zero-order valence-electron chi connectivity index (χ0n) is 18.0. The summed E-state index contributed by atoms with van der Waals surface area (Å²) < 4.78 is 31.5. The number of rotatable bonds is 9. The summed E-state index contributed by atoms with van der Waals surface area (Å²) in [7, 11) is -1.86. The lowest BCUT2D eigenvalue weighted by atomic mass is 10.2. The van der Waals surface area contributed by atoms with Crippen molar-refractivity contribution >= 4 is 42.4 Å². The average molecular weight is 482 g/mol. The fraction of sp³-hybridized carbons (Fsp3) is 0.208. The number of hydrogen-bond donors (Lipinski definition) is 0. The van der Waals surface area contributed by atoms with Crippen LogP contribution in [0.5, 0.6) is 5.75 Å². The first-order valence-corrected chi connectivity index (χ1v) is 12.9. The maximum atomic E-state index is 13.3. The number of thiazole rings is 1. The number of fused-ring (bicyclic) bond motifs is 1. The predicted octanol–water partition coefficient (Wildman–Crippen LogP) is 4.49. The molecule has 0 saturated carbocycles. The normalized spacial score (nSPS) is 11.4. The molecule has 0 fully saturated rings. The third-order valence-electron chi connectivity index (χ3n) is 5.12. The molecule has 0 bridgehead atoms. The number of hydrogen-bond acceptors (Lipinski definition) is 7. The van der Waals surface area contributed by atoms with Crippen LogP contribution in [0.4, 0.5) is 5.13 Å². The lowest BCUT2D eigenvalue weighted by molar-refractivity contribution is -0.118. The molecule has 0 radical (unpaired) electrons. The summed E-state index contributed by atoms with van der Waals surface area (Å²) >= 11 is 1.40. The van der Waals surface area contributed by atoms with Gasteiger partial charge in [0.05, 0.1) is 29.0 Å². The smallest absolute Gasteiger partial charge is 0.229 e. The Bertz CT molecular complexity index is 1340. The maximum Gasteiger partial charge on any atom is 0.229 e. The van der Waals surface area contributed by atoms with E-state index in [2.05, 4.69) is 9.97 Å². The van der Waals surface area contributed by atoms with Gasteiger partial charge >= 0.3 is 0 Å². The molecule has 33 heavy (non-hydrogen) atoms. The number of nitrogens with zero attached hydrogens (tertiary/aromatic N) is 3. The van der Waals surface area contributed by atoms with Gasteiger partial charge in [-0.3, -0.25) is 14.7 Å². The van der Waals surface area contributed by atoms with Crippen molar-refractivity contribution in [2.24, 2.45) is 0 Å². The molecule has 2 heterocycles. The van der Waals surface area contributed by atoms with Crippen LogP contribution in [0.2, 0.25) is 0 Å². The van der Waals surface area contributed by atoms with E-state index in [0.717, 1.165) is 10.3 Å². The molecule has 1 amide bonds. The number of carbonyl (C=O) groups excluding carboxylic acids is 1. The van der Waals surface area contributed by atoms with Gasteiger partial charge in [-0.2, -0.15) is 0 Å². The van der Waals surface area contributed by atoms with Gasteiger partial charge in [0.2, 0.25) is 5.91 Å². The number of carbonyl (C=O) groups is 1. The van der Waals surface area contributed by atoms with Gasteiger partial charge in [0.25, 0.3) is 0 Å². The van der Waals surface area contributed by atoms with Crippen LogP contribution in [0.1, 0.15) is 18.4 Å². The molecule has 0 unspecified atom stereocenters. The van der Waals surface area contributed by atoms with Gasteiger partial charge in [0.15, 0.2) is 15.0 Å². The van der Waals surface area contributed by atoms with Crippen molar-refractivity contribution in [3.05, 3.63) is 78.6 Å². The van der Waals surface area contributed by atoms with E-state index in [-0.39, 0.29) is 29.4 Å². The SMILES string of the molecule is COc1cccc2sc(N(Cc3ccncc3)C(=O)CCCS(=O)(=O)c3ccccc3)nc12. The zero-order valence-corrected chi connectivity index (χ0v) is 19.7. The van der Waals surface area contributed by atoms with Crippen LogP contribution in [-0.4, -0.2) is 37.2 Å². The Morgan fingerprint density at radius 1 is 1.03 bits per heavy atom. The van der Waals surface area contributed by atoms with Crippen LogP contribution in [-0.2, 0) is 21.2 Å². The molecule has 9 heteroatoms. The van der Waals surface area contributed by atoms with Crippen LogP contribution >= 0.6 is 11.3 Å². The van der Waals surface area contributed by atoms with Crippen molar-refractivity contribution in [3.8, 4) is 5.75 Å². The van der Waals surface area contributed by atoms with Gasteiger partial charge < -0.3 is 4.74 Å². The molecule has 2 aromatic carbocycles. The van der Waals surface area contributed by atoms with Crippen LogP contribution in [0.15, 0.2) is 78.0 Å². The number of pyridine rings is 1. The minimum Gasteiger partial charge on any atom is -0.494 e. The summed E-state index contributed by atoms with van der Waals surface area (Å²) in [5, 5.41) is 0.544. The van der Waals surface area contributed by atoms with E-state index in [1.807, 2.05) is 30.3 Å². The summed E-state index contributed by atoms with van der Waals surface area (Å²) in [6.07, 6.45) is 3.65. The summed E-state index contributed by atoms with van der Waals surface area (Å²) in [5.74, 6) is 0.354. The van der Waals surface area contributed by atoms with Gasteiger partial charge in [0, 0.05) is 18.8 Å². The summed E-state index contributed by atoms with van der Waals surface area (Å²) in [4.78, 5) is 23.8. The van der Waals surface area contributed by atoms with Gasteiger partial charge in [-0.1, -0.05) is 35.6 Å². The number of ether oxygens (including phenoxy) is 1. The van der Waals surface area contributed by atoms with E-state index < -0.39 is 9.84 Å². The summed E-state index contributed by atoms with van der Waals surface area (Å²) in [6, 6.07) is 17.6. The van der Waals surface area contributed by atoms with E-state index in [1.165, 1.54) is 11.3 Å².